The van der Waals surface area contributed by atoms with Crippen LogP contribution in [0, 0.1) is 0 Å². The van der Waals surface area contributed by atoms with E-state index in [0.29, 0.717) is 12.0 Å². The fraction of sp³-hybridized carbons (Fsp3) is 0.714. The van der Waals surface area contributed by atoms with Crippen LogP contribution in [-0.4, -0.2) is 42.4 Å². The zero-order valence-electron chi connectivity index (χ0n) is 12.1. The second-order valence-corrected chi connectivity index (χ2v) is 6.06. The quantitative estimate of drug-likeness (QED) is 0.832. The Kier molecular flexibility index (Phi) is 3.42. The lowest BCUT2D eigenvalue weighted by atomic mass is 10.0. The minimum atomic E-state index is 0.475. The molecule has 0 bridgehead atoms. The third kappa shape index (κ3) is 2.97. The molecule has 0 aromatic carbocycles. The molecule has 2 aromatic rings. The fourth-order valence-corrected chi connectivity index (χ4v) is 3.03. The van der Waals surface area contributed by atoms with Crippen molar-refractivity contribution in [2.24, 2.45) is 0 Å². The van der Waals surface area contributed by atoms with Gasteiger partial charge in [-0.15, -0.1) is 0 Å². The highest BCUT2D eigenvalue weighted by Crippen LogP contribution is 2.38. The molecular formula is C14H20N6O. The van der Waals surface area contributed by atoms with E-state index in [1.165, 1.54) is 32.1 Å². The monoisotopic (exact) mass is 288 g/mol. The summed E-state index contributed by atoms with van der Waals surface area (Å²) in [6.45, 7) is 2.75. The van der Waals surface area contributed by atoms with E-state index in [0.717, 1.165) is 31.3 Å². The molecule has 0 spiro atoms. The van der Waals surface area contributed by atoms with Crippen LogP contribution in [0.25, 0.3) is 0 Å². The Labute approximate surface area is 123 Å². The molecular weight excluding hydrogens is 268 g/mol. The van der Waals surface area contributed by atoms with Crippen molar-refractivity contribution in [1.29, 1.82) is 0 Å². The summed E-state index contributed by atoms with van der Waals surface area (Å²) < 4.78 is 7.27. The number of rotatable bonds is 5. The third-order valence-corrected chi connectivity index (χ3v) is 4.37. The Hall–Kier alpha value is -1.76. The van der Waals surface area contributed by atoms with Crippen LogP contribution in [0.4, 0.5) is 0 Å². The van der Waals surface area contributed by atoms with E-state index >= 15 is 0 Å². The highest BCUT2D eigenvalue weighted by molar-refractivity contribution is 5.02. The average Bonchev–Trinajstić information content (AvgIpc) is 3.03. The molecule has 3 heterocycles. The van der Waals surface area contributed by atoms with E-state index < -0.39 is 0 Å². The summed E-state index contributed by atoms with van der Waals surface area (Å²) in [4.78, 5) is 11.0. The molecule has 0 amide bonds. The minimum absolute atomic E-state index is 0.475. The van der Waals surface area contributed by atoms with Gasteiger partial charge in [0.2, 0.25) is 5.89 Å². The third-order valence-electron chi connectivity index (χ3n) is 4.37. The molecule has 7 nitrogen and oxygen atoms in total. The van der Waals surface area contributed by atoms with Crippen molar-refractivity contribution in [1.82, 2.24) is 29.8 Å². The second-order valence-electron chi connectivity index (χ2n) is 6.06. The molecule has 1 aliphatic heterocycles. The van der Waals surface area contributed by atoms with Gasteiger partial charge < -0.3 is 4.52 Å². The van der Waals surface area contributed by atoms with E-state index in [9.17, 15) is 0 Å². The number of aromatic nitrogens is 5. The average molecular weight is 288 g/mol. The van der Waals surface area contributed by atoms with Crippen LogP contribution in [0.15, 0.2) is 17.2 Å². The predicted octanol–water partition coefficient (Wildman–Crippen LogP) is 1.59. The molecule has 0 radical (unpaired) electrons. The van der Waals surface area contributed by atoms with Gasteiger partial charge in [-0.25, -0.2) is 4.98 Å². The Morgan fingerprint density at radius 3 is 3.00 bits per heavy atom. The molecule has 2 aromatic heterocycles. The smallest absolute Gasteiger partial charge is 0.229 e. The molecule has 4 rings (SSSR count). The molecule has 2 fully saturated rings. The second kappa shape index (κ2) is 5.55. The SMILES string of the molecule is c1ncn(C[C@H]2CCCCN2Cc2noc(C3CC3)n2)n1. The summed E-state index contributed by atoms with van der Waals surface area (Å²) in [5.41, 5.74) is 0. The molecule has 1 aliphatic carbocycles. The lowest BCUT2D eigenvalue weighted by Crippen LogP contribution is -2.41. The summed E-state index contributed by atoms with van der Waals surface area (Å²) in [5.74, 6) is 2.18. The standard InChI is InChI=1S/C14H20N6O/c1-2-6-19(12(3-1)7-20-10-15-9-16-20)8-13-17-14(21-18-13)11-4-5-11/h9-12H,1-8H2/t12-/m1/s1. The molecule has 1 saturated heterocycles. The van der Waals surface area contributed by atoms with Crippen LogP contribution in [0.3, 0.4) is 0 Å². The predicted molar refractivity (Wildman–Crippen MR) is 74.3 cm³/mol. The Bertz CT molecular complexity index is 576. The van der Waals surface area contributed by atoms with Crippen molar-refractivity contribution in [3.63, 3.8) is 0 Å². The summed E-state index contributed by atoms with van der Waals surface area (Å²) in [6.07, 6.45) is 9.46. The summed E-state index contributed by atoms with van der Waals surface area (Å²) in [5, 5.41) is 8.36. The van der Waals surface area contributed by atoms with Crippen molar-refractivity contribution >= 4 is 0 Å². The van der Waals surface area contributed by atoms with Crippen molar-refractivity contribution < 1.29 is 4.52 Å². The van der Waals surface area contributed by atoms with E-state index in [1.54, 1.807) is 12.7 Å². The van der Waals surface area contributed by atoms with Crippen LogP contribution in [0.2, 0.25) is 0 Å². The first-order chi connectivity index (χ1) is 10.4. The van der Waals surface area contributed by atoms with Gasteiger partial charge in [0, 0.05) is 12.0 Å². The Morgan fingerprint density at radius 1 is 1.24 bits per heavy atom. The summed E-state index contributed by atoms with van der Waals surface area (Å²) in [7, 11) is 0. The molecule has 2 aliphatic rings. The van der Waals surface area contributed by atoms with Gasteiger partial charge in [0.25, 0.3) is 0 Å². The Morgan fingerprint density at radius 2 is 2.19 bits per heavy atom. The molecule has 112 valence electrons. The first-order valence-electron chi connectivity index (χ1n) is 7.77. The van der Waals surface area contributed by atoms with Crippen molar-refractivity contribution in [2.75, 3.05) is 6.54 Å². The number of piperidine rings is 1. The summed E-state index contributed by atoms with van der Waals surface area (Å²) in [6, 6.07) is 0.475. The van der Waals surface area contributed by atoms with Gasteiger partial charge in [-0.1, -0.05) is 11.6 Å². The van der Waals surface area contributed by atoms with E-state index in [2.05, 4.69) is 25.1 Å². The van der Waals surface area contributed by atoms with Gasteiger partial charge in [-0.3, -0.25) is 9.58 Å². The maximum Gasteiger partial charge on any atom is 0.229 e. The molecule has 0 N–H and O–H groups in total. The van der Waals surface area contributed by atoms with Crippen LogP contribution >= 0.6 is 0 Å². The molecule has 21 heavy (non-hydrogen) atoms. The number of hydrogen-bond donors (Lipinski definition) is 0. The van der Waals surface area contributed by atoms with Crippen molar-refractivity contribution in [2.45, 2.75) is 57.2 Å². The van der Waals surface area contributed by atoms with Gasteiger partial charge in [0.1, 0.15) is 12.7 Å². The van der Waals surface area contributed by atoms with Gasteiger partial charge >= 0.3 is 0 Å². The van der Waals surface area contributed by atoms with E-state index in [4.69, 9.17) is 4.52 Å². The number of hydrogen-bond acceptors (Lipinski definition) is 6. The van der Waals surface area contributed by atoms with Crippen LogP contribution in [0.1, 0.15) is 49.7 Å². The topological polar surface area (TPSA) is 72.9 Å². The van der Waals surface area contributed by atoms with Gasteiger partial charge in [0.15, 0.2) is 5.82 Å². The maximum atomic E-state index is 5.36. The fourth-order valence-electron chi connectivity index (χ4n) is 3.03. The largest absolute Gasteiger partial charge is 0.339 e. The van der Waals surface area contributed by atoms with Gasteiger partial charge in [-0.2, -0.15) is 10.1 Å². The molecule has 1 atom stereocenters. The zero-order chi connectivity index (χ0) is 14.1. The molecule has 7 heteroatoms. The van der Waals surface area contributed by atoms with Crippen molar-refractivity contribution in [3.05, 3.63) is 24.4 Å². The highest BCUT2D eigenvalue weighted by atomic mass is 16.5. The zero-order valence-corrected chi connectivity index (χ0v) is 12.1. The van der Waals surface area contributed by atoms with E-state index in [1.807, 2.05) is 4.68 Å². The van der Waals surface area contributed by atoms with Gasteiger partial charge in [-0.05, 0) is 32.2 Å². The van der Waals surface area contributed by atoms with Crippen molar-refractivity contribution in [3.8, 4) is 0 Å². The lowest BCUT2D eigenvalue weighted by molar-refractivity contribution is 0.117. The number of nitrogens with zero attached hydrogens (tertiary/aromatic N) is 6. The molecule has 1 saturated carbocycles. The maximum absolute atomic E-state index is 5.36. The van der Waals surface area contributed by atoms with Crippen LogP contribution in [-0.2, 0) is 13.1 Å². The summed E-state index contributed by atoms with van der Waals surface area (Å²) >= 11 is 0. The van der Waals surface area contributed by atoms with Crippen LogP contribution in [0.5, 0.6) is 0 Å². The highest BCUT2D eigenvalue weighted by Gasteiger charge is 2.30. The minimum Gasteiger partial charge on any atom is -0.339 e. The molecule has 0 unspecified atom stereocenters. The lowest BCUT2D eigenvalue weighted by Gasteiger charge is -2.34. The van der Waals surface area contributed by atoms with Crippen LogP contribution < -0.4 is 0 Å². The Balaban J connectivity index is 1.42. The first kappa shape index (κ1) is 12.9. The first-order valence-corrected chi connectivity index (χ1v) is 7.77. The van der Waals surface area contributed by atoms with E-state index in [-0.39, 0.29) is 0 Å². The van der Waals surface area contributed by atoms with Gasteiger partial charge in [0.05, 0.1) is 13.1 Å². The number of likely N-dealkylation sites (tertiary alicyclic amines) is 1. The normalized spacial score (nSPS) is 23.5.